The first-order chi connectivity index (χ1) is 28.7. The van der Waals surface area contributed by atoms with Gasteiger partial charge in [-0.05, 0) is 74.2 Å². The molecule has 2 atom stereocenters. The van der Waals surface area contributed by atoms with Crippen LogP contribution in [0.15, 0.2) is 131 Å². The Labute approximate surface area is 354 Å². The number of rotatable bonds is 7. The van der Waals surface area contributed by atoms with E-state index in [1.54, 1.807) is 12.1 Å². The predicted molar refractivity (Wildman–Crippen MR) is 237 cm³/mol. The number of aromatic nitrogens is 6. The average molecular weight is 825 g/mol. The van der Waals surface area contributed by atoms with Crippen LogP contribution in [0, 0.1) is 13.8 Å². The third kappa shape index (κ3) is 9.63. The first-order valence-electron chi connectivity index (χ1n) is 19.4. The first-order valence-corrected chi connectivity index (χ1v) is 19.4. The van der Waals surface area contributed by atoms with E-state index in [-0.39, 0.29) is 38.5 Å². The van der Waals surface area contributed by atoms with Crippen molar-refractivity contribution in [3.8, 4) is 22.9 Å². The third-order valence-corrected chi connectivity index (χ3v) is 10.4. The number of carboxylic acid groups (broad SMARTS) is 1. The number of carboxylic acids is 1. The summed E-state index contributed by atoms with van der Waals surface area (Å²) in [5.74, 6) is 1.49. The van der Waals surface area contributed by atoms with Crippen LogP contribution in [0.2, 0.25) is 0 Å². The number of aryl methyl sites for hydroxylation is 2. The Kier molecular flexibility index (Phi) is 13.6. The molecule has 10 rings (SSSR count). The van der Waals surface area contributed by atoms with Crippen molar-refractivity contribution >= 4 is 34.5 Å². The molecule has 316 valence electrons. The smallest absolute Gasteiger partial charge is 0.357 e. The lowest BCUT2D eigenvalue weighted by Gasteiger charge is -2.19. The van der Waals surface area contributed by atoms with E-state index in [2.05, 4.69) is 76.0 Å². The molecular weight excluding hydrogens is 773 g/mol. The molecule has 2 aromatic carbocycles. The molecule has 0 saturated carbocycles. The number of amides is 1. The number of benzene rings is 2. The number of hydrogen-bond acceptors (Lipinski definition) is 11. The normalized spacial score (nSPS) is 15.6. The second-order valence-corrected chi connectivity index (χ2v) is 14.5. The summed E-state index contributed by atoms with van der Waals surface area (Å²) in [7, 11) is 0. The van der Waals surface area contributed by atoms with E-state index in [4.69, 9.17) is 19.7 Å². The highest BCUT2D eigenvalue weighted by atomic mass is 16.4. The van der Waals surface area contributed by atoms with E-state index >= 15 is 0 Å². The van der Waals surface area contributed by atoms with Gasteiger partial charge in [0.1, 0.15) is 12.5 Å². The van der Waals surface area contributed by atoms with Gasteiger partial charge < -0.3 is 43.6 Å². The van der Waals surface area contributed by atoms with Crippen LogP contribution >= 0.6 is 0 Å². The number of hydrogen-bond donors (Lipinski definition) is 3. The van der Waals surface area contributed by atoms with Crippen LogP contribution < -0.4 is 20.9 Å². The van der Waals surface area contributed by atoms with E-state index in [0.717, 1.165) is 67.0 Å². The van der Waals surface area contributed by atoms with Crippen LogP contribution in [-0.4, -0.2) is 84.0 Å². The molecule has 0 radical (unpaired) electrons. The molecule has 0 bridgehead atoms. The quantitative estimate of drug-likeness (QED) is 0.142. The molecule has 6 aromatic heterocycles. The summed E-state index contributed by atoms with van der Waals surface area (Å²) in [4.78, 5) is 44.9. The van der Waals surface area contributed by atoms with Crippen molar-refractivity contribution < 1.29 is 23.5 Å². The van der Waals surface area contributed by atoms with E-state index < -0.39 is 5.97 Å². The Balaban J connectivity index is 0.000000165. The number of carbonyl (C=O) groups excluding carboxylic acids is 1. The molecule has 0 aliphatic carbocycles. The Morgan fingerprint density at radius 2 is 1.18 bits per heavy atom. The van der Waals surface area contributed by atoms with Gasteiger partial charge in [-0.3, -0.25) is 4.79 Å². The number of oxazole rings is 2. The number of fused-ring (bicyclic) bond motifs is 2. The lowest BCUT2D eigenvalue weighted by Crippen LogP contribution is -2.37. The minimum absolute atomic E-state index is 0. The van der Waals surface area contributed by atoms with Gasteiger partial charge in [0.05, 0.1) is 11.0 Å². The van der Waals surface area contributed by atoms with Crippen molar-refractivity contribution in [2.45, 2.75) is 53.6 Å². The topological polar surface area (TPSA) is 186 Å². The van der Waals surface area contributed by atoms with Crippen molar-refractivity contribution in [3.63, 3.8) is 0 Å². The number of carbonyl (C=O) groups is 2. The second kappa shape index (κ2) is 19.2. The Morgan fingerprint density at radius 1 is 0.689 bits per heavy atom. The summed E-state index contributed by atoms with van der Waals surface area (Å²) in [5, 5.41) is 11.7. The van der Waals surface area contributed by atoms with E-state index in [1.807, 2.05) is 79.5 Å². The number of nitrogens with two attached hydrogens (primary N) is 1. The molecule has 8 heterocycles. The van der Waals surface area contributed by atoms with Crippen molar-refractivity contribution in [1.82, 2.24) is 34.1 Å². The number of aromatic carboxylic acids is 1. The Morgan fingerprint density at radius 3 is 1.67 bits per heavy atom. The van der Waals surface area contributed by atoms with Gasteiger partial charge in [-0.25, -0.2) is 24.7 Å². The molecule has 15 nitrogen and oxygen atoms in total. The molecular formula is C46H52N10O5. The van der Waals surface area contributed by atoms with E-state index in [0.29, 0.717) is 24.0 Å². The van der Waals surface area contributed by atoms with Crippen molar-refractivity contribution in [3.05, 3.63) is 145 Å². The van der Waals surface area contributed by atoms with Crippen LogP contribution in [-0.2, 0) is 0 Å². The average Bonchev–Trinajstić information content (AvgIpc) is 4.13. The molecule has 15 heteroatoms. The van der Waals surface area contributed by atoms with Gasteiger partial charge in [0.25, 0.3) is 5.91 Å². The van der Waals surface area contributed by atoms with Gasteiger partial charge in [0, 0.05) is 86.6 Å². The molecule has 1 amide bonds. The second-order valence-electron chi connectivity index (χ2n) is 14.5. The molecule has 4 N–H and O–H groups in total. The largest absolute Gasteiger partial charge is 0.476 e. The van der Waals surface area contributed by atoms with Gasteiger partial charge in [-0.1, -0.05) is 51.3 Å². The molecule has 0 spiro atoms. The highest BCUT2D eigenvalue weighted by Crippen LogP contribution is 2.28. The molecule has 8 aromatic rings. The predicted octanol–water partition coefficient (Wildman–Crippen LogP) is 7.80. The van der Waals surface area contributed by atoms with Gasteiger partial charge in [-0.15, -0.1) is 0 Å². The molecule has 2 fully saturated rings. The minimum atomic E-state index is -1.09. The Hall–Kier alpha value is -7.26. The highest BCUT2D eigenvalue weighted by molar-refractivity contribution is 5.92. The van der Waals surface area contributed by atoms with Crippen LogP contribution in [0.25, 0.3) is 33.9 Å². The number of anilines is 2. The zero-order chi connectivity index (χ0) is 40.9. The van der Waals surface area contributed by atoms with Crippen molar-refractivity contribution in [1.29, 1.82) is 0 Å². The molecule has 2 aliphatic rings. The summed E-state index contributed by atoms with van der Waals surface area (Å²) in [5.41, 5.74) is 12.5. The summed E-state index contributed by atoms with van der Waals surface area (Å²) < 4.78 is 14.7. The molecule has 61 heavy (non-hydrogen) atoms. The lowest BCUT2D eigenvalue weighted by molar-refractivity contribution is 0.0690. The van der Waals surface area contributed by atoms with Crippen molar-refractivity contribution in [2.75, 3.05) is 36.0 Å². The van der Waals surface area contributed by atoms with Crippen LogP contribution in [0.1, 0.15) is 59.8 Å². The highest BCUT2D eigenvalue weighted by Gasteiger charge is 2.28. The van der Waals surface area contributed by atoms with Crippen molar-refractivity contribution in [2.24, 2.45) is 5.73 Å². The zero-order valence-electron chi connectivity index (χ0n) is 32.7. The first kappa shape index (κ1) is 43.3. The number of nitrogens with zero attached hydrogens (tertiary/aromatic N) is 8. The monoisotopic (exact) mass is 824 g/mol. The van der Waals surface area contributed by atoms with Gasteiger partial charge >= 0.3 is 5.97 Å². The van der Waals surface area contributed by atoms with Gasteiger partial charge in [0.15, 0.2) is 23.0 Å². The maximum atomic E-state index is 12.6. The Bertz CT molecular complexity index is 2690. The summed E-state index contributed by atoms with van der Waals surface area (Å²) >= 11 is 0. The summed E-state index contributed by atoms with van der Waals surface area (Å²) in [6.45, 7) is 7.69. The standard InChI is InChI=1S/C22H21N5O2.C12H16N4.C10H7NO3.2CH4/c1-15-7-10-26-12-9-23-20(19(15)26)27-11-8-17(13-27)24-21(28)18-14-29-22(25-18)16-5-3-2-4-6-16;1-9-2-5-15-7-4-14-12(11(9)15)16-6-3-10(13)8-16;12-10(13)8-6-14-9(11-8)7-4-2-1-3-5-7;;/h2-7,9-10,12,14,17H,8,11,13H2,1H3,(H,24,28);2,4-5,7,10H,3,6,8,13H2,1H3;1-6H,(H,12,13);2*1H4/t17-;10-;;;/m00.../s1. The van der Waals surface area contributed by atoms with Crippen LogP contribution in [0.4, 0.5) is 11.6 Å². The molecule has 2 saturated heterocycles. The number of nitrogens with one attached hydrogen (secondary N) is 1. The third-order valence-electron chi connectivity index (χ3n) is 10.4. The van der Waals surface area contributed by atoms with Crippen LogP contribution in [0.3, 0.4) is 0 Å². The molecule has 2 aliphatic heterocycles. The maximum Gasteiger partial charge on any atom is 0.357 e. The summed E-state index contributed by atoms with van der Waals surface area (Å²) in [6.07, 6.45) is 16.2. The fraction of sp³-hybridized carbons (Fsp3) is 0.261. The van der Waals surface area contributed by atoms with Crippen LogP contribution in [0.5, 0.6) is 0 Å². The van der Waals surface area contributed by atoms with Gasteiger partial charge in [-0.2, -0.15) is 0 Å². The SMILES string of the molecule is C.C.Cc1ccn2ccnc(N3CC[C@H](N)C3)c12.Cc1ccn2ccnc(N3CC[C@H](NC(=O)c4coc(-c5ccccc5)n4)C3)c12.O=C(O)c1coc(-c2ccccc2)n1. The fourth-order valence-electron chi connectivity index (χ4n) is 7.35. The van der Waals surface area contributed by atoms with E-state index in [1.165, 1.54) is 22.9 Å². The van der Waals surface area contributed by atoms with E-state index in [9.17, 15) is 9.59 Å². The maximum absolute atomic E-state index is 12.6. The lowest BCUT2D eigenvalue weighted by atomic mass is 10.2. The summed E-state index contributed by atoms with van der Waals surface area (Å²) in [6, 6.07) is 23.2. The minimum Gasteiger partial charge on any atom is -0.476 e. The fourth-order valence-corrected chi connectivity index (χ4v) is 7.35. The zero-order valence-corrected chi connectivity index (χ0v) is 32.7. The van der Waals surface area contributed by atoms with Gasteiger partial charge in [0.2, 0.25) is 11.8 Å². The molecule has 0 unspecified atom stereocenters.